The third-order valence-corrected chi connectivity index (χ3v) is 5.01. The molecule has 0 aliphatic rings. The maximum Gasteiger partial charge on any atom is 0.246 e. The van der Waals surface area contributed by atoms with Gasteiger partial charge in [-0.25, -0.2) is 13.1 Å². The lowest BCUT2D eigenvalue weighted by molar-refractivity contribution is -0.124. The number of methoxy groups -OCH3 is 2. The number of rotatable bonds is 10. The van der Waals surface area contributed by atoms with Gasteiger partial charge in [-0.15, -0.1) is 0 Å². The summed E-state index contributed by atoms with van der Waals surface area (Å²) in [7, 11) is 1.07. The van der Waals surface area contributed by atoms with Gasteiger partial charge in [0.25, 0.3) is 0 Å². The van der Waals surface area contributed by atoms with Gasteiger partial charge in [-0.05, 0) is 30.2 Å². The molecule has 0 unspecified atom stereocenters. The van der Waals surface area contributed by atoms with Crippen LogP contribution in [0.1, 0.15) is 18.9 Å². The molecule has 0 aromatic heterocycles. The number of hydrogen-bond donors (Lipinski definition) is 1. The minimum atomic E-state index is -3.66. The molecule has 0 aliphatic heterocycles. The lowest BCUT2D eigenvalue weighted by Gasteiger charge is -2.14. The number of nitrogens with one attached hydrogen (secondary N) is 1. The Morgan fingerprint density at radius 2 is 2.04 bits per heavy atom. The first-order valence-corrected chi connectivity index (χ1v) is 9.43. The van der Waals surface area contributed by atoms with Crippen LogP contribution in [0.2, 0.25) is 0 Å². The molecule has 0 atom stereocenters. The van der Waals surface area contributed by atoms with Crippen molar-refractivity contribution in [2.24, 2.45) is 0 Å². The van der Waals surface area contributed by atoms with Crippen molar-refractivity contribution in [3.8, 4) is 5.75 Å². The molecular formula is C17H26N2O5S. The largest absolute Gasteiger partial charge is 0.495 e. The normalized spacial score (nSPS) is 11.7. The van der Waals surface area contributed by atoms with Gasteiger partial charge in [0, 0.05) is 39.9 Å². The first-order valence-electron chi connectivity index (χ1n) is 7.95. The highest BCUT2D eigenvalue weighted by molar-refractivity contribution is 7.89. The number of carbonyl (C=O) groups excluding carboxylic acids is 1. The Balaban J connectivity index is 2.94. The molecule has 1 amide bonds. The molecule has 7 nitrogen and oxygen atoms in total. The zero-order valence-corrected chi connectivity index (χ0v) is 15.9. The van der Waals surface area contributed by atoms with E-state index in [1.807, 2.05) is 0 Å². The number of benzene rings is 1. The standard InChI is InChI=1S/C17H26N2O5S/c1-5-18-25(21,22)16-13-14(7-9-15(16)24-4)8-10-17(20)19(2)11-6-12-23-3/h7-10,13,18H,5-6,11-12H2,1-4H3/b10-8+. The van der Waals surface area contributed by atoms with Crippen LogP contribution >= 0.6 is 0 Å². The summed E-state index contributed by atoms with van der Waals surface area (Å²) in [5.74, 6) is 0.0871. The third-order valence-electron chi connectivity index (χ3n) is 3.45. The molecule has 0 bridgehead atoms. The average molecular weight is 370 g/mol. The molecule has 1 rings (SSSR count). The molecule has 0 spiro atoms. The van der Waals surface area contributed by atoms with Crippen molar-refractivity contribution in [3.63, 3.8) is 0 Å². The van der Waals surface area contributed by atoms with Crippen LogP contribution in [-0.4, -0.2) is 60.2 Å². The van der Waals surface area contributed by atoms with Crippen molar-refractivity contribution in [2.75, 3.05) is 41.0 Å². The molecular weight excluding hydrogens is 344 g/mol. The van der Waals surface area contributed by atoms with E-state index in [1.165, 1.54) is 19.3 Å². The Morgan fingerprint density at radius 3 is 2.64 bits per heavy atom. The maximum atomic E-state index is 12.3. The van der Waals surface area contributed by atoms with Crippen molar-refractivity contribution >= 4 is 22.0 Å². The van der Waals surface area contributed by atoms with Crippen LogP contribution in [0.4, 0.5) is 0 Å². The molecule has 0 aliphatic carbocycles. The third kappa shape index (κ3) is 6.49. The molecule has 0 saturated heterocycles. The summed E-state index contributed by atoms with van der Waals surface area (Å²) in [6.07, 6.45) is 3.75. The van der Waals surface area contributed by atoms with Crippen molar-refractivity contribution < 1.29 is 22.7 Å². The van der Waals surface area contributed by atoms with Crippen molar-refractivity contribution in [1.29, 1.82) is 0 Å². The summed E-state index contributed by atoms with van der Waals surface area (Å²) in [5.41, 5.74) is 0.593. The fourth-order valence-corrected chi connectivity index (χ4v) is 3.37. The van der Waals surface area contributed by atoms with E-state index in [4.69, 9.17) is 9.47 Å². The van der Waals surface area contributed by atoms with E-state index in [0.29, 0.717) is 18.7 Å². The molecule has 140 valence electrons. The Hall–Kier alpha value is -1.90. The fraction of sp³-hybridized carbons (Fsp3) is 0.471. The molecule has 1 aromatic rings. The van der Waals surface area contributed by atoms with E-state index < -0.39 is 10.0 Å². The first-order chi connectivity index (χ1) is 11.9. The van der Waals surface area contributed by atoms with E-state index in [2.05, 4.69) is 4.72 Å². The molecule has 1 N–H and O–H groups in total. The molecule has 0 saturated carbocycles. The van der Waals surface area contributed by atoms with Crippen molar-refractivity contribution in [1.82, 2.24) is 9.62 Å². The van der Waals surface area contributed by atoms with E-state index >= 15 is 0 Å². The number of sulfonamides is 1. The summed E-state index contributed by atoms with van der Waals surface area (Å²) >= 11 is 0. The average Bonchev–Trinajstić information content (AvgIpc) is 2.59. The minimum absolute atomic E-state index is 0.0416. The maximum absolute atomic E-state index is 12.3. The van der Waals surface area contributed by atoms with Crippen LogP contribution in [0.3, 0.4) is 0 Å². The summed E-state index contributed by atoms with van der Waals surface area (Å²) < 4.78 is 37.0. The van der Waals surface area contributed by atoms with E-state index in [1.54, 1.807) is 44.2 Å². The molecule has 0 radical (unpaired) electrons. The van der Waals surface area contributed by atoms with E-state index in [-0.39, 0.29) is 23.1 Å². The van der Waals surface area contributed by atoms with E-state index in [0.717, 1.165) is 6.42 Å². The summed E-state index contributed by atoms with van der Waals surface area (Å²) in [5, 5.41) is 0. The Kier molecular flexibility index (Phi) is 8.60. The monoisotopic (exact) mass is 370 g/mol. The molecule has 0 fully saturated rings. The first kappa shape index (κ1) is 21.1. The van der Waals surface area contributed by atoms with Gasteiger partial charge in [0.2, 0.25) is 15.9 Å². The van der Waals surface area contributed by atoms with Gasteiger partial charge in [-0.2, -0.15) is 0 Å². The van der Waals surface area contributed by atoms with Gasteiger partial charge in [-0.1, -0.05) is 13.0 Å². The van der Waals surface area contributed by atoms with Gasteiger partial charge in [-0.3, -0.25) is 4.79 Å². The number of ether oxygens (including phenoxy) is 2. The SMILES string of the molecule is CCNS(=O)(=O)c1cc(/C=C/C(=O)N(C)CCCOC)ccc1OC. The Bertz CT molecular complexity index is 701. The number of nitrogens with zero attached hydrogens (tertiary/aromatic N) is 1. The summed E-state index contributed by atoms with van der Waals surface area (Å²) in [6, 6.07) is 4.74. The number of amides is 1. The van der Waals surface area contributed by atoms with Crippen LogP contribution in [-0.2, 0) is 19.6 Å². The lowest BCUT2D eigenvalue weighted by atomic mass is 10.2. The number of likely N-dealkylation sites (N-methyl/N-ethyl adjacent to an activating group) is 1. The fourth-order valence-electron chi connectivity index (χ4n) is 2.13. The second kappa shape index (κ2) is 10.2. The molecule has 8 heteroatoms. The summed E-state index contributed by atoms with van der Waals surface area (Å²) in [4.78, 5) is 13.7. The smallest absolute Gasteiger partial charge is 0.246 e. The van der Waals surface area contributed by atoms with Gasteiger partial charge >= 0.3 is 0 Å². The lowest BCUT2D eigenvalue weighted by Crippen LogP contribution is -2.26. The van der Waals surface area contributed by atoms with Gasteiger partial charge in [0.05, 0.1) is 7.11 Å². The van der Waals surface area contributed by atoms with Crippen LogP contribution in [0, 0.1) is 0 Å². The van der Waals surface area contributed by atoms with Crippen molar-refractivity contribution in [3.05, 3.63) is 29.8 Å². The highest BCUT2D eigenvalue weighted by Gasteiger charge is 2.18. The highest BCUT2D eigenvalue weighted by atomic mass is 32.2. The van der Waals surface area contributed by atoms with Crippen LogP contribution in [0.15, 0.2) is 29.2 Å². The minimum Gasteiger partial charge on any atom is -0.495 e. The van der Waals surface area contributed by atoms with Gasteiger partial charge < -0.3 is 14.4 Å². The summed E-state index contributed by atoms with van der Waals surface area (Å²) in [6.45, 7) is 3.15. The van der Waals surface area contributed by atoms with Crippen LogP contribution < -0.4 is 9.46 Å². The van der Waals surface area contributed by atoms with Crippen molar-refractivity contribution in [2.45, 2.75) is 18.2 Å². The van der Waals surface area contributed by atoms with Crippen LogP contribution in [0.5, 0.6) is 5.75 Å². The Labute approximate surface area is 149 Å². The Morgan fingerprint density at radius 1 is 1.32 bits per heavy atom. The topological polar surface area (TPSA) is 84.9 Å². The van der Waals surface area contributed by atoms with Gasteiger partial charge in [0.15, 0.2) is 0 Å². The van der Waals surface area contributed by atoms with Gasteiger partial charge in [0.1, 0.15) is 10.6 Å². The predicted octanol–water partition coefficient (Wildman–Crippen LogP) is 1.50. The second-order valence-electron chi connectivity index (χ2n) is 5.35. The second-order valence-corrected chi connectivity index (χ2v) is 7.09. The molecule has 1 aromatic carbocycles. The predicted molar refractivity (Wildman–Crippen MR) is 97.0 cm³/mol. The van der Waals surface area contributed by atoms with Crippen LogP contribution in [0.25, 0.3) is 6.08 Å². The quantitative estimate of drug-likeness (QED) is 0.498. The zero-order valence-electron chi connectivity index (χ0n) is 15.1. The van der Waals surface area contributed by atoms with E-state index in [9.17, 15) is 13.2 Å². The number of carbonyl (C=O) groups is 1. The molecule has 0 heterocycles. The highest BCUT2D eigenvalue weighted by Crippen LogP contribution is 2.25. The zero-order chi connectivity index (χ0) is 18.9. The number of hydrogen-bond acceptors (Lipinski definition) is 5. The molecule has 25 heavy (non-hydrogen) atoms.